The van der Waals surface area contributed by atoms with Gasteiger partial charge in [-0.1, -0.05) is 0 Å². The van der Waals surface area contributed by atoms with Crippen molar-refractivity contribution in [2.45, 2.75) is 6.10 Å². The molecule has 1 aromatic heterocycles. The predicted octanol–water partition coefficient (Wildman–Crippen LogP) is 0.785. The molecule has 4 heteroatoms. The molecule has 0 amide bonds. The maximum atomic E-state index is 10.9. The van der Waals surface area contributed by atoms with E-state index in [1.54, 1.807) is 6.20 Å². The standard InChI is InChI=1S/C10H10N2O2/c13-6-8-7-1-2-11-10(8)12-3-4-14-9(7)5-12/h1-2,6,9H,3-5H2. The van der Waals surface area contributed by atoms with Crippen LogP contribution in [0.25, 0.3) is 0 Å². The summed E-state index contributed by atoms with van der Waals surface area (Å²) in [5.74, 6) is 0.817. The maximum Gasteiger partial charge on any atom is 0.154 e. The molecular formula is C10H10N2O2. The van der Waals surface area contributed by atoms with E-state index in [4.69, 9.17) is 4.74 Å². The van der Waals surface area contributed by atoms with Gasteiger partial charge in [0.05, 0.1) is 12.2 Å². The van der Waals surface area contributed by atoms with E-state index in [0.29, 0.717) is 12.2 Å². The number of ether oxygens (including phenoxy) is 1. The smallest absolute Gasteiger partial charge is 0.154 e. The zero-order valence-corrected chi connectivity index (χ0v) is 7.64. The minimum Gasteiger partial charge on any atom is -0.370 e. The molecule has 2 aliphatic heterocycles. The lowest BCUT2D eigenvalue weighted by Crippen LogP contribution is -2.42. The number of pyridine rings is 1. The normalized spacial score (nSPS) is 23.4. The Morgan fingerprint density at radius 1 is 1.64 bits per heavy atom. The number of carbonyl (C=O) groups is 1. The average Bonchev–Trinajstić information content (AvgIpc) is 2.27. The Hall–Kier alpha value is -1.42. The fourth-order valence-corrected chi connectivity index (χ4v) is 2.16. The van der Waals surface area contributed by atoms with E-state index in [0.717, 1.165) is 30.8 Å². The lowest BCUT2D eigenvalue weighted by molar-refractivity contribution is 0.0357. The molecule has 72 valence electrons. The first-order valence-electron chi connectivity index (χ1n) is 4.71. The Bertz CT molecular complexity index is 363. The second kappa shape index (κ2) is 2.78. The van der Waals surface area contributed by atoms with Crippen LogP contribution in [0, 0.1) is 0 Å². The number of hydrogen-bond donors (Lipinski definition) is 0. The van der Waals surface area contributed by atoms with Gasteiger partial charge in [-0.2, -0.15) is 0 Å². The zero-order chi connectivity index (χ0) is 9.54. The van der Waals surface area contributed by atoms with E-state index in [9.17, 15) is 4.79 Å². The Labute approximate surface area is 81.5 Å². The molecule has 14 heavy (non-hydrogen) atoms. The fraction of sp³-hybridized carbons (Fsp3) is 0.400. The molecule has 1 saturated heterocycles. The van der Waals surface area contributed by atoms with Gasteiger partial charge < -0.3 is 9.64 Å². The van der Waals surface area contributed by atoms with Crippen molar-refractivity contribution in [3.8, 4) is 0 Å². The third-order valence-corrected chi connectivity index (χ3v) is 2.83. The number of hydrogen-bond acceptors (Lipinski definition) is 4. The Morgan fingerprint density at radius 3 is 3.43 bits per heavy atom. The van der Waals surface area contributed by atoms with Crippen molar-refractivity contribution in [1.82, 2.24) is 4.98 Å². The quantitative estimate of drug-likeness (QED) is 0.614. The van der Waals surface area contributed by atoms with Crippen LogP contribution >= 0.6 is 0 Å². The van der Waals surface area contributed by atoms with E-state index >= 15 is 0 Å². The minimum atomic E-state index is 0.0550. The number of nitrogens with zero attached hydrogens (tertiary/aromatic N) is 2. The second-order valence-corrected chi connectivity index (χ2v) is 3.56. The Balaban J connectivity index is 2.23. The van der Waals surface area contributed by atoms with Gasteiger partial charge in [-0.25, -0.2) is 4.98 Å². The van der Waals surface area contributed by atoms with Gasteiger partial charge in [0.2, 0.25) is 0 Å². The van der Waals surface area contributed by atoms with Crippen LogP contribution in [0.1, 0.15) is 22.0 Å². The Morgan fingerprint density at radius 2 is 2.57 bits per heavy atom. The molecular weight excluding hydrogens is 180 g/mol. The third-order valence-electron chi connectivity index (χ3n) is 2.83. The molecule has 1 unspecified atom stereocenters. The van der Waals surface area contributed by atoms with Crippen molar-refractivity contribution in [3.05, 3.63) is 23.4 Å². The van der Waals surface area contributed by atoms with Crippen molar-refractivity contribution in [1.29, 1.82) is 0 Å². The van der Waals surface area contributed by atoms with Crippen LogP contribution < -0.4 is 4.90 Å². The average molecular weight is 190 g/mol. The SMILES string of the molecule is O=Cc1c2ccnc1N1CCOC2C1. The van der Waals surface area contributed by atoms with Gasteiger partial charge in [-0.05, 0) is 11.6 Å². The minimum absolute atomic E-state index is 0.0550. The fourth-order valence-electron chi connectivity index (χ4n) is 2.16. The number of anilines is 1. The van der Waals surface area contributed by atoms with E-state index in [-0.39, 0.29) is 6.10 Å². The summed E-state index contributed by atoms with van der Waals surface area (Å²) in [7, 11) is 0. The molecule has 0 aliphatic carbocycles. The van der Waals surface area contributed by atoms with Crippen LogP contribution in [-0.4, -0.2) is 31.0 Å². The number of carbonyl (C=O) groups excluding carboxylic acids is 1. The molecule has 0 radical (unpaired) electrons. The molecule has 0 aromatic carbocycles. The molecule has 0 N–H and O–H groups in total. The Kier molecular flexibility index (Phi) is 1.58. The van der Waals surface area contributed by atoms with Crippen LogP contribution in [0.4, 0.5) is 5.82 Å². The first-order chi connectivity index (χ1) is 6.90. The van der Waals surface area contributed by atoms with Gasteiger partial charge in [0.25, 0.3) is 0 Å². The molecule has 4 nitrogen and oxygen atoms in total. The first kappa shape index (κ1) is 7.94. The second-order valence-electron chi connectivity index (χ2n) is 3.56. The zero-order valence-electron chi connectivity index (χ0n) is 7.64. The molecule has 3 heterocycles. The van der Waals surface area contributed by atoms with Crippen molar-refractivity contribution in [2.24, 2.45) is 0 Å². The number of fused-ring (bicyclic) bond motifs is 6. The highest BCUT2D eigenvalue weighted by Gasteiger charge is 2.32. The molecule has 0 spiro atoms. The van der Waals surface area contributed by atoms with Gasteiger partial charge in [0.15, 0.2) is 6.29 Å². The first-order valence-corrected chi connectivity index (χ1v) is 4.71. The highest BCUT2D eigenvalue weighted by atomic mass is 16.5. The van der Waals surface area contributed by atoms with Gasteiger partial charge >= 0.3 is 0 Å². The monoisotopic (exact) mass is 190 g/mol. The number of aromatic nitrogens is 1. The van der Waals surface area contributed by atoms with Crippen molar-refractivity contribution >= 4 is 12.1 Å². The summed E-state index contributed by atoms with van der Waals surface area (Å²) in [5, 5.41) is 0. The molecule has 1 aromatic rings. The van der Waals surface area contributed by atoms with Crippen molar-refractivity contribution < 1.29 is 9.53 Å². The van der Waals surface area contributed by atoms with Gasteiger partial charge in [-0.15, -0.1) is 0 Å². The summed E-state index contributed by atoms with van der Waals surface area (Å²) < 4.78 is 5.60. The maximum absolute atomic E-state index is 10.9. The summed E-state index contributed by atoms with van der Waals surface area (Å²) in [5.41, 5.74) is 1.68. The third kappa shape index (κ3) is 0.915. The van der Waals surface area contributed by atoms with Crippen LogP contribution in [0.5, 0.6) is 0 Å². The van der Waals surface area contributed by atoms with Gasteiger partial charge in [-0.3, -0.25) is 4.79 Å². The molecule has 3 rings (SSSR count). The molecule has 1 fully saturated rings. The van der Waals surface area contributed by atoms with Crippen LogP contribution in [0.15, 0.2) is 12.3 Å². The topological polar surface area (TPSA) is 42.4 Å². The highest BCUT2D eigenvalue weighted by molar-refractivity contribution is 5.86. The lowest BCUT2D eigenvalue weighted by atomic mass is 9.98. The van der Waals surface area contributed by atoms with Gasteiger partial charge in [0, 0.05) is 19.3 Å². The van der Waals surface area contributed by atoms with Crippen molar-refractivity contribution in [2.75, 3.05) is 24.6 Å². The summed E-state index contributed by atoms with van der Waals surface area (Å²) >= 11 is 0. The number of aldehydes is 1. The van der Waals surface area contributed by atoms with Crippen LogP contribution in [0.2, 0.25) is 0 Å². The van der Waals surface area contributed by atoms with Crippen LogP contribution in [-0.2, 0) is 4.74 Å². The highest BCUT2D eigenvalue weighted by Crippen LogP contribution is 2.35. The summed E-state index contributed by atoms with van der Waals surface area (Å²) in [6.07, 6.45) is 2.68. The number of morpholine rings is 1. The summed E-state index contributed by atoms with van der Waals surface area (Å²) in [4.78, 5) is 17.3. The molecule has 2 aliphatic rings. The van der Waals surface area contributed by atoms with E-state index in [2.05, 4.69) is 9.88 Å². The van der Waals surface area contributed by atoms with Crippen molar-refractivity contribution in [3.63, 3.8) is 0 Å². The number of rotatable bonds is 1. The summed E-state index contributed by atoms with van der Waals surface area (Å²) in [6.45, 7) is 2.37. The molecule has 1 atom stereocenters. The largest absolute Gasteiger partial charge is 0.370 e. The van der Waals surface area contributed by atoms with E-state index in [1.165, 1.54) is 0 Å². The molecule has 4 bridgehead atoms. The van der Waals surface area contributed by atoms with E-state index in [1.807, 2.05) is 6.07 Å². The predicted molar refractivity (Wildman–Crippen MR) is 50.5 cm³/mol. The van der Waals surface area contributed by atoms with Gasteiger partial charge in [0.1, 0.15) is 11.9 Å². The molecule has 0 saturated carbocycles. The lowest BCUT2D eigenvalue weighted by Gasteiger charge is -2.39. The van der Waals surface area contributed by atoms with E-state index < -0.39 is 0 Å². The summed E-state index contributed by atoms with van der Waals surface area (Å²) in [6, 6.07) is 1.88. The van der Waals surface area contributed by atoms with Crippen LogP contribution in [0.3, 0.4) is 0 Å².